The first-order valence-electron chi connectivity index (χ1n) is 3.33. The zero-order chi connectivity index (χ0) is 7.28. The highest BCUT2D eigenvalue weighted by Crippen LogP contribution is 1.88. The van der Waals surface area contributed by atoms with Crippen LogP contribution in [-0.2, 0) is 4.79 Å². The molecule has 0 saturated carbocycles. The fraction of sp³-hybridized carbons (Fsp3) is 0.857. The van der Waals surface area contributed by atoms with Crippen LogP contribution in [0.15, 0.2) is 0 Å². The van der Waals surface area contributed by atoms with Crippen molar-refractivity contribution in [2.75, 3.05) is 20.6 Å². The molecule has 0 saturated heterocycles. The second-order valence-electron chi connectivity index (χ2n) is 2.45. The summed E-state index contributed by atoms with van der Waals surface area (Å²) in [6, 6.07) is 0. The number of rotatable bonds is 4. The van der Waals surface area contributed by atoms with Gasteiger partial charge in [0.05, 0.1) is 0 Å². The first-order chi connectivity index (χ1) is 4.16. The largest absolute Gasteiger partial charge is 0.309 e. The van der Waals surface area contributed by atoms with Crippen LogP contribution >= 0.6 is 12.4 Å². The molecule has 0 N–H and O–H groups in total. The third-order valence-corrected chi connectivity index (χ3v) is 1.23. The molecule has 0 unspecified atom stereocenters. The Kier molecular flexibility index (Phi) is 8.85. The molecule has 62 valence electrons. The van der Waals surface area contributed by atoms with Crippen LogP contribution in [0, 0.1) is 0 Å². The first-order valence-corrected chi connectivity index (χ1v) is 3.33. The van der Waals surface area contributed by atoms with E-state index < -0.39 is 0 Å². The van der Waals surface area contributed by atoms with Crippen LogP contribution < -0.4 is 0 Å². The minimum atomic E-state index is 0. The van der Waals surface area contributed by atoms with Gasteiger partial charge in [0.1, 0.15) is 5.78 Å². The van der Waals surface area contributed by atoms with Crippen LogP contribution in [0.3, 0.4) is 0 Å². The zero-order valence-corrected chi connectivity index (χ0v) is 7.70. The maximum Gasteiger partial charge on any atom is 0.133 e. The van der Waals surface area contributed by atoms with Crippen molar-refractivity contribution in [3.05, 3.63) is 0 Å². The summed E-state index contributed by atoms with van der Waals surface area (Å²) in [6.07, 6.45) is 1.37. The van der Waals surface area contributed by atoms with E-state index in [2.05, 4.69) is 0 Å². The van der Waals surface area contributed by atoms with Gasteiger partial charge >= 0.3 is 0 Å². The minimum Gasteiger partial charge on any atom is -0.309 e. The molecule has 0 fully saturated rings. The SMILES string of the molecule is CCC(=O)CCN(C)C.Cl. The lowest BCUT2D eigenvalue weighted by molar-refractivity contribution is -0.118. The number of ketones is 1. The summed E-state index contributed by atoms with van der Waals surface area (Å²) >= 11 is 0. The average Bonchev–Trinajstić information content (AvgIpc) is 1.83. The molecule has 0 aromatic rings. The molecule has 0 bridgehead atoms. The lowest BCUT2D eigenvalue weighted by Gasteiger charge is -2.06. The van der Waals surface area contributed by atoms with E-state index in [1.807, 2.05) is 25.9 Å². The standard InChI is InChI=1S/C7H15NO.ClH/c1-4-7(9)5-6-8(2)3;/h4-6H2,1-3H3;1H. The molecule has 0 amide bonds. The molecule has 0 aromatic heterocycles. The smallest absolute Gasteiger partial charge is 0.133 e. The maximum absolute atomic E-state index is 10.7. The van der Waals surface area contributed by atoms with Crippen molar-refractivity contribution in [3.8, 4) is 0 Å². The van der Waals surface area contributed by atoms with Gasteiger partial charge in [-0.2, -0.15) is 0 Å². The van der Waals surface area contributed by atoms with Crippen LogP contribution in [0.4, 0.5) is 0 Å². The van der Waals surface area contributed by atoms with Crippen molar-refractivity contribution in [2.24, 2.45) is 0 Å². The van der Waals surface area contributed by atoms with Gasteiger partial charge in [-0.15, -0.1) is 12.4 Å². The fourth-order valence-electron chi connectivity index (χ4n) is 0.525. The molecule has 0 aliphatic heterocycles. The summed E-state index contributed by atoms with van der Waals surface area (Å²) in [7, 11) is 3.95. The Hall–Kier alpha value is -0.0800. The Morgan fingerprint density at radius 3 is 2.20 bits per heavy atom. The van der Waals surface area contributed by atoms with Gasteiger partial charge in [0.15, 0.2) is 0 Å². The minimum absolute atomic E-state index is 0. The van der Waals surface area contributed by atoms with Crippen LogP contribution in [0.25, 0.3) is 0 Å². The van der Waals surface area contributed by atoms with E-state index in [1.54, 1.807) is 0 Å². The van der Waals surface area contributed by atoms with E-state index in [-0.39, 0.29) is 12.4 Å². The summed E-state index contributed by atoms with van der Waals surface area (Å²) in [5.41, 5.74) is 0. The van der Waals surface area contributed by atoms with E-state index in [0.29, 0.717) is 18.6 Å². The Morgan fingerprint density at radius 1 is 1.40 bits per heavy atom. The molecular weight excluding hydrogens is 150 g/mol. The average molecular weight is 166 g/mol. The van der Waals surface area contributed by atoms with E-state index in [4.69, 9.17) is 0 Å². The Labute approximate surface area is 69.0 Å². The van der Waals surface area contributed by atoms with Gasteiger partial charge in [-0.05, 0) is 14.1 Å². The van der Waals surface area contributed by atoms with Crippen molar-refractivity contribution in [2.45, 2.75) is 19.8 Å². The van der Waals surface area contributed by atoms with Crippen molar-refractivity contribution in [3.63, 3.8) is 0 Å². The zero-order valence-electron chi connectivity index (χ0n) is 6.89. The number of nitrogens with zero attached hydrogens (tertiary/aromatic N) is 1. The number of carbonyl (C=O) groups is 1. The Balaban J connectivity index is 0. The normalized spacial score (nSPS) is 9.20. The van der Waals surface area contributed by atoms with E-state index in [9.17, 15) is 4.79 Å². The molecular formula is C7H16ClNO. The van der Waals surface area contributed by atoms with Crippen LogP contribution in [-0.4, -0.2) is 31.3 Å². The van der Waals surface area contributed by atoms with Gasteiger partial charge in [-0.3, -0.25) is 4.79 Å². The Morgan fingerprint density at radius 2 is 1.90 bits per heavy atom. The van der Waals surface area contributed by atoms with Crippen LogP contribution in [0.2, 0.25) is 0 Å². The monoisotopic (exact) mass is 165 g/mol. The molecule has 3 heteroatoms. The molecule has 0 aliphatic rings. The summed E-state index contributed by atoms with van der Waals surface area (Å²) < 4.78 is 0. The fourth-order valence-corrected chi connectivity index (χ4v) is 0.525. The molecule has 0 atom stereocenters. The molecule has 0 aromatic carbocycles. The quantitative estimate of drug-likeness (QED) is 0.627. The van der Waals surface area contributed by atoms with Crippen LogP contribution in [0.1, 0.15) is 19.8 Å². The summed E-state index contributed by atoms with van der Waals surface area (Å²) in [5.74, 6) is 0.351. The third-order valence-electron chi connectivity index (χ3n) is 1.23. The lowest BCUT2D eigenvalue weighted by atomic mass is 10.2. The maximum atomic E-state index is 10.7. The highest BCUT2D eigenvalue weighted by Gasteiger charge is 1.97. The molecule has 0 aliphatic carbocycles. The second kappa shape index (κ2) is 7.03. The van der Waals surface area contributed by atoms with Crippen molar-refractivity contribution < 1.29 is 4.79 Å². The topological polar surface area (TPSA) is 20.3 Å². The van der Waals surface area contributed by atoms with Crippen LogP contribution in [0.5, 0.6) is 0 Å². The van der Waals surface area contributed by atoms with Gasteiger partial charge in [0.2, 0.25) is 0 Å². The molecule has 0 radical (unpaired) electrons. The van der Waals surface area contributed by atoms with Gasteiger partial charge in [-0.25, -0.2) is 0 Å². The molecule has 0 heterocycles. The number of Topliss-reactive ketones (excluding diaryl/α,β-unsaturated/α-hetero) is 1. The number of carbonyl (C=O) groups excluding carboxylic acids is 1. The molecule has 2 nitrogen and oxygen atoms in total. The summed E-state index contributed by atoms with van der Waals surface area (Å²) in [4.78, 5) is 12.7. The third kappa shape index (κ3) is 7.92. The van der Waals surface area contributed by atoms with Crippen molar-refractivity contribution in [1.82, 2.24) is 4.90 Å². The molecule has 0 rings (SSSR count). The number of hydrogen-bond donors (Lipinski definition) is 0. The number of halogens is 1. The summed E-state index contributed by atoms with van der Waals surface area (Å²) in [5, 5.41) is 0. The first kappa shape index (κ1) is 12.6. The van der Waals surface area contributed by atoms with Gasteiger partial charge < -0.3 is 4.90 Å². The highest BCUT2D eigenvalue weighted by atomic mass is 35.5. The van der Waals surface area contributed by atoms with Gasteiger partial charge in [0, 0.05) is 19.4 Å². The highest BCUT2D eigenvalue weighted by molar-refractivity contribution is 5.85. The van der Waals surface area contributed by atoms with Gasteiger partial charge in [0.25, 0.3) is 0 Å². The molecule has 0 spiro atoms. The Bertz CT molecular complexity index is 93.6. The van der Waals surface area contributed by atoms with Crippen molar-refractivity contribution in [1.29, 1.82) is 0 Å². The summed E-state index contributed by atoms with van der Waals surface area (Å²) in [6.45, 7) is 2.78. The second-order valence-corrected chi connectivity index (χ2v) is 2.45. The predicted octanol–water partition coefficient (Wildman–Crippen LogP) is 1.34. The lowest BCUT2D eigenvalue weighted by Crippen LogP contribution is -2.15. The van der Waals surface area contributed by atoms with Gasteiger partial charge in [-0.1, -0.05) is 6.92 Å². The number of hydrogen-bond acceptors (Lipinski definition) is 2. The predicted molar refractivity (Wildman–Crippen MR) is 45.7 cm³/mol. The van der Waals surface area contributed by atoms with Crippen molar-refractivity contribution >= 4 is 18.2 Å². The van der Waals surface area contributed by atoms with E-state index in [1.165, 1.54) is 0 Å². The van der Waals surface area contributed by atoms with E-state index in [0.717, 1.165) is 6.54 Å². The van der Waals surface area contributed by atoms with E-state index >= 15 is 0 Å². The molecule has 10 heavy (non-hydrogen) atoms.